The maximum atomic E-state index is 12.3. The number of nitrogens with zero attached hydrogens (tertiary/aromatic N) is 1. The van der Waals surface area contributed by atoms with Gasteiger partial charge in [-0.15, -0.1) is 0 Å². The van der Waals surface area contributed by atoms with Crippen molar-refractivity contribution < 1.29 is 19.1 Å². The molecule has 0 N–H and O–H groups in total. The molecule has 1 aromatic carbocycles. The molecule has 0 fully saturated rings. The number of carbonyl (C=O) groups is 2. The van der Waals surface area contributed by atoms with Crippen LogP contribution < -0.4 is 0 Å². The lowest BCUT2D eigenvalue weighted by molar-refractivity contribution is -0.137. The van der Waals surface area contributed by atoms with Crippen molar-refractivity contribution in [2.24, 2.45) is 0 Å². The Balaban J connectivity index is 2.66. The quantitative estimate of drug-likeness (QED) is 0.781. The average molecular weight is 350 g/mol. The van der Waals surface area contributed by atoms with Gasteiger partial charge in [-0.3, -0.25) is 0 Å². The minimum atomic E-state index is -0.645. The third-order valence-corrected chi connectivity index (χ3v) is 4.20. The summed E-state index contributed by atoms with van der Waals surface area (Å²) < 4.78 is 9.83. The molecule has 0 atom stereocenters. The van der Waals surface area contributed by atoms with Crippen LogP contribution in [0.3, 0.4) is 0 Å². The zero-order valence-electron chi connectivity index (χ0n) is 14.1. The van der Waals surface area contributed by atoms with Gasteiger partial charge in [0.1, 0.15) is 0 Å². The molecule has 0 unspecified atom stereocenters. The first kappa shape index (κ1) is 18.1. The highest BCUT2D eigenvalue weighted by molar-refractivity contribution is 6.31. The summed E-state index contributed by atoms with van der Waals surface area (Å²) in [4.78, 5) is 26.5. The second-order valence-corrected chi connectivity index (χ2v) is 6.05. The molecule has 0 spiro atoms. The van der Waals surface area contributed by atoms with Crippen molar-refractivity contribution in [2.45, 2.75) is 25.8 Å². The van der Waals surface area contributed by atoms with Crippen molar-refractivity contribution in [3.63, 3.8) is 0 Å². The van der Waals surface area contributed by atoms with E-state index in [1.807, 2.05) is 13.8 Å². The van der Waals surface area contributed by atoms with Gasteiger partial charge in [0.25, 0.3) is 0 Å². The van der Waals surface area contributed by atoms with Gasteiger partial charge in [0.2, 0.25) is 0 Å². The van der Waals surface area contributed by atoms with Gasteiger partial charge in [-0.1, -0.05) is 29.8 Å². The predicted octanol–water partition coefficient (Wildman–Crippen LogP) is 3.26. The van der Waals surface area contributed by atoms with Crippen LogP contribution in [-0.2, 0) is 19.1 Å². The lowest BCUT2D eigenvalue weighted by Gasteiger charge is -2.32. The van der Waals surface area contributed by atoms with E-state index in [-0.39, 0.29) is 6.04 Å². The zero-order valence-corrected chi connectivity index (χ0v) is 14.8. The van der Waals surface area contributed by atoms with Crippen molar-refractivity contribution in [1.82, 2.24) is 4.90 Å². The zero-order chi connectivity index (χ0) is 17.9. The molecule has 2 rings (SSSR count). The van der Waals surface area contributed by atoms with Crippen LogP contribution in [-0.4, -0.2) is 37.1 Å². The fourth-order valence-electron chi connectivity index (χ4n) is 2.59. The monoisotopic (exact) mass is 349 g/mol. The largest absolute Gasteiger partial charge is 0.466 e. The van der Waals surface area contributed by atoms with Crippen molar-refractivity contribution in [3.8, 4) is 0 Å². The van der Waals surface area contributed by atoms with Crippen LogP contribution in [0.1, 0.15) is 25.3 Å². The molecule has 6 heteroatoms. The van der Waals surface area contributed by atoms with E-state index in [1.54, 1.807) is 41.6 Å². The SMILES string of the molecule is COC(=O)C1=CN(C(C)C)C=C(C(=O)OC)C1c1ccccc1Cl. The van der Waals surface area contributed by atoms with Gasteiger partial charge < -0.3 is 14.4 Å². The molecule has 1 aliphatic heterocycles. The molecule has 24 heavy (non-hydrogen) atoms. The summed E-state index contributed by atoms with van der Waals surface area (Å²) >= 11 is 6.31. The number of esters is 2. The maximum Gasteiger partial charge on any atom is 0.336 e. The number of benzene rings is 1. The third kappa shape index (κ3) is 3.46. The van der Waals surface area contributed by atoms with Crippen LogP contribution in [0.15, 0.2) is 47.8 Å². The van der Waals surface area contributed by atoms with Gasteiger partial charge in [0, 0.05) is 23.5 Å². The van der Waals surface area contributed by atoms with Crippen molar-refractivity contribution >= 4 is 23.5 Å². The summed E-state index contributed by atoms with van der Waals surface area (Å²) in [6, 6.07) is 7.15. The Morgan fingerprint density at radius 3 is 1.96 bits per heavy atom. The Morgan fingerprint density at radius 2 is 1.54 bits per heavy atom. The minimum absolute atomic E-state index is 0.0523. The van der Waals surface area contributed by atoms with E-state index in [0.717, 1.165) is 0 Å². The van der Waals surface area contributed by atoms with Crippen LogP contribution in [0.5, 0.6) is 0 Å². The highest BCUT2D eigenvalue weighted by Gasteiger charge is 2.36. The van der Waals surface area contributed by atoms with Gasteiger partial charge in [-0.05, 0) is 25.5 Å². The molecule has 0 aliphatic carbocycles. The molecule has 0 radical (unpaired) electrons. The smallest absolute Gasteiger partial charge is 0.336 e. The first-order valence-corrected chi connectivity index (χ1v) is 7.90. The maximum absolute atomic E-state index is 12.3. The van der Waals surface area contributed by atoms with Crippen molar-refractivity contribution in [1.29, 1.82) is 0 Å². The minimum Gasteiger partial charge on any atom is -0.466 e. The lowest BCUT2D eigenvalue weighted by Crippen LogP contribution is -2.31. The molecule has 5 nitrogen and oxygen atoms in total. The van der Waals surface area contributed by atoms with E-state index in [9.17, 15) is 9.59 Å². The van der Waals surface area contributed by atoms with Gasteiger partial charge in [0.05, 0.1) is 31.3 Å². The molecule has 1 aromatic rings. The molecule has 128 valence electrons. The van der Waals surface area contributed by atoms with Gasteiger partial charge >= 0.3 is 11.9 Å². The van der Waals surface area contributed by atoms with E-state index >= 15 is 0 Å². The van der Waals surface area contributed by atoms with Crippen molar-refractivity contribution in [3.05, 3.63) is 58.4 Å². The number of hydrogen-bond acceptors (Lipinski definition) is 5. The van der Waals surface area contributed by atoms with Crippen LogP contribution in [0.4, 0.5) is 0 Å². The molecule has 0 bridgehead atoms. The van der Waals surface area contributed by atoms with E-state index in [2.05, 4.69) is 0 Å². The van der Waals surface area contributed by atoms with E-state index in [0.29, 0.717) is 21.7 Å². The molecule has 0 aromatic heterocycles. The Bertz CT molecular complexity index is 675. The molecular formula is C18H20ClNO4. The number of hydrogen-bond donors (Lipinski definition) is 0. The van der Waals surface area contributed by atoms with Crippen LogP contribution in [0.2, 0.25) is 5.02 Å². The van der Waals surface area contributed by atoms with E-state index in [4.69, 9.17) is 21.1 Å². The first-order chi connectivity index (χ1) is 11.4. The molecule has 1 aliphatic rings. The van der Waals surface area contributed by atoms with Gasteiger partial charge in [-0.2, -0.15) is 0 Å². The molecule has 0 amide bonds. The average Bonchev–Trinajstić information content (AvgIpc) is 2.59. The van der Waals surface area contributed by atoms with Gasteiger partial charge in [-0.25, -0.2) is 9.59 Å². The number of methoxy groups -OCH3 is 2. The van der Waals surface area contributed by atoms with Crippen molar-refractivity contribution in [2.75, 3.05) is 14.2 Å². The molecule has 0 saturated heterocycles. The second-order valence-electron chi connectivity index (χ2n) is 5.65. The molecule has 0 saturated carbocycles. The Morgan fingerprint density at radius 1 is 1.04 bits per heavy atom. The molecular weight excluding hydrogens is 330 g/mol. The normalized spacial score (nSPS) is 15.0. The first-order valence-electron chi connectivity index (χ1n) is 7.52. The standard InChI is InChI=1S/C18H20ClNO4/c1-11(2)20-9-13(17(21)23-3)16(14(10-20)18(22)24-4)12-7-5-6-8-15(12)19/h5-11,16H,1-4H3. The van der Waals surface area contributed by atoms with Gasteiger partial charge in [0.15, 0.2) is 0 Å². The summed E-state index contributed by atoms with van der Waals surface area (Å²) in [6.07, 6.45) is 3.38. The molecule has 1 heterocycles. The summed E-state index contributed by atoms with van der Waals surface area (Å²) in [7, 11) is 2.62. The van der Waals surface area contributed by atoms with Crippen LogP contribution in [0.25, 0.3) is 0 Å². The topological polar surface area (TPSA) is 55.8 Å². The Kier molecular flexibility index (Phi) is 5.67. The van der Waals surface area contributed by atoms with Crippen LogP contribution in [0, 0.1) is 0 Å². The highest BCUT2D eigenvalue weighted by Crippen LogP contribution is 2.40. The number of rotatable bonds is 4. The summed E-state index contributed by atoms with van der Waals surface area (Å²) in [5, 5.41) is 0.463. The Labute approximate surface area is 146 Å². The fraction of sp³-hybridized carbons (Fsp3) is 0.333. The predicted molar refractivity (Wildman–Crippen MR) is 91.4 cm³/mol. The number of halogens is 1. The van der Waals surface area contributed by atoms with E-state index < -0.39 is 17.9 Å². The summed E-state index contributed by atoms with van der Waals surface area (Å²) in [6.45, 7) is 3.90. The summed E-state index contributed by atoms with van der Waals surface area (Å²) in [5.74, 6) is -1.67. The highest BCUT2D eigenvalue weighted by atomic mass is 35.5. The van der Waals surface area contributed by atoms with Crippen LogP contribution >= 0.6 is 11.6 Å². The number of carbonyl (C=O) groups excluding carboxylic acids is 2. The third-order valence-electron chi connectivity index (χ3n) is 3.85. The summed E-state index contributed by atoms with van der Waals surface area (Å²) in [5.41, 5.74) is 1.32. The van der Waals surface area contributed by atoms with E-state index in [1.165, 1.54) is 14.2 Å². The number of ether oxygens (including phenoxy) is 2. The fourth-order valence-corrected chi connectivity index (χ4v) is 2.84. The Hall–Kier alpha value is -2.27. The lowest BCUT2D eigenvalue weighted by atomic mass is 9.83. The second kappa shape index (κ2) is 7.53.